The van der Waals surface area contributed by atoms with Crippen LogP contribution < -0.4 is 0 Å². The third-order valence-electron chi connectivity index (χ3n) is 6.20. The molecule has 0 amide bonds. The van der Waals surface area contributed by atoms with Gasteiger partial charge in [-0.1, -0.05) is 121 Å². The predicted molar refractivity (Wildman–Crippen MR) is 125 cm³/mol. The Hall–Kier alpha value is -3.79. The smallest absolute Gasteiger partial charge is 0.203 e. The Balaban J connectivity index is 1.93. The first kappa shape index (κ1) is 20.1. The number of carbonyl (C=O) groups excluding carboxylic acids is 1. The second-order valence-electron chi connectivity index (χ2n) is 7.96. The summed E-state index contributed by atoms with van der Waals surface area (Å²) in [7, 11) is 0. The molecule has 2 atom stereocenters. The van der Waals surface area contributed by atoms with Gasteiger partial charge in [0, 0.05) is 11.1 Å². The van der Waals surface area contributed by atoms with E-state index >= 15 is 0 Å². The maximum atomic E-state index is 14.1. The normalized spacial score (nSPS) is 22.9. The highest BCUT2D eigenvalue weighted by molar-refractivity contribution is 6.36. The third-order valence-corrected chi connectivity index (χ3v) is 6.20. The third kappa shape index (κ3) is 2.79. The van der Waals surface area contributed by atoms with E-state index in [1.165, 1.54) is 0 Å². The van der Waals surface area contributed by atoms with Crippen molar-refractivity contribution in [2.75, 3.05) is 0 Å². The van der Waals surface area contributed by atoms with Gasteiger partial charge in [0.25, 0.3) is 0 Å². The Labute approximate surface area is 186 Å². The van der Waals surface area contributed by atoms with Crippen molar-refractivity contribution in [3.63, 3.8) is 0 Å². The topological polar surface area (TPSA) is 57.5 Å². The van der Waals surface area contributed by atoms with Crippen molar-refractivity contribution in [2.45, 2.75) is 11.2 Å². The number of rotatable bonds is 4. The van der Waals surface area contributed by atoms with E-state index in [2.05, 4.69) is 0 Å². The molecule has 32 heavy (non-hydrogen) atoms. The molecule has 0 unspecified atom stereocenters. The van der Waals surface area contributed by atoms with Crippen molar-refractivity contribution in [3.05, 3.63) is 144 Å². The fraction of sp³-hybridized carbons (Fsp3) is 0.0690. The Bertz CT molecular complexity index is 1280. The van der Waals surface area contributed by atoms with E-state index < -0.39 is 17.0 Å². The molecular formula is C29H22O3. The molecule has 0 fully saturated rings. The van der Waals surface area contributed by atoms with E-state index in [4.69, 9.17) is 0 Å². The summed E-state index contributed by atoms with van der Waals surface area (Å²) in [4.78, 5) is 14.1. The van der Waals surface area contributed by atoms with Crippen molar-refractivity contribution >= 4 is 16.9 Å². The molecule has 1 aliphatic rings. The van der Waals surface area contributed by atoms with E-state index in [0.29, 0.717) is 33.4 Å². The van der Waals surface area contributed by atoms with Crippen LogP contribution in [0.2, 0.25) is 0 Å². The van der Waals surface area contributed by atoms with Gasteiger partial charge in [0.05, 0.1) is 0 Å². The molecule has 156 valence electrons. The number of aliphatic hydroxyl groups is 2. The van der Waals surface area contributed by atoms with Crippen LogP contribution in [-0.4, -0.2) is 16.0 Å². The molecule has 5 rings (SSSR count). The molecule has 0 spiro atoms. The first-order valence-corrected chi connectivity index (χ1v) is 10.5. The molecule has 0 bridgehead atoms. The highest BCUT2D eigenvalue weighted by Gasteiger charge is 2.65. The van der Waals surface area contributed by atoms with E-state index in [-0.39, 0.29) is 0 Å². The summed E-state index contributed by atoms with van der Waals surface area (Å²) in [5.41, 5.74) is -1.37. The standard InChI is InChI=1S/C29H22O3/c30-27-25(21-13-5-1-6-14-21)26(22-15-7-2-8-16-22)28(31,23-17-9-3-10-18-23)29(27,32)24-19-11-4-12-20-24/h1-20,31-32H/t28-,29-/m1/s1. The fourth-order valence-corrected chi connectivity index (χ4v) is 4.71. The zero-order valence-electron chi connectivity index (χ0n) is 17.3. The minimum absolute atomic E-state index is 0.314. The summed E-state index contributed by atoms with van der Waals surface area (Å²) in [6, 6.07) is 36.2. The van der Waals surface area contributed by atoms with Gasteiger partial charge in [-0.05, 0) is 22.3 Å². The summed E-state index contributed by atoms with van der Waals surface area (Å²) in [5, 5.41) is 24.7. The molecule has 2 N–H and O–H groups in total. The first-order valence-electron chi connectivity index (χ1n) is 10.5. The minimum atomic E-state index is -2.20. The monoisotopic (exact) mass is 418 g/mol. The molecule has 0 saturated carbocycles. The Morgan fingerprint density at radius 1 is 0.469 bits per heavy atom. The van der Waals surface area contributed by atoms with Gasteiger partial charge in [0.15, 0.2) is 11.2 Å². The average Bonchev–Trinajstić information content (AvgIpc) is 3.06. The van der Waals surface area contributed by atoms with Gasteiger partial charge in [0.1, 0.15) is 0 Å². The van der Waals surface area contributed by atoms with E-state index in [9.17, 15) is 15.0 Å². The predicted octanol–water partition coefficient (Wildman–Crippen LogP) is 4.96. The second-order valence-corrected chi connectivity index (χ2v) is 7.96. The fourth-order valence-electron chi connectivity index (χ4n) is 4.71. The summed E-state index contributed by atoms with van der Waals surface area (Å²) in [5.74, 6) is -0.528. The number of hydrogen-bond acceptors (Lipinski definition) is 3. The molecule has 4 aromatic carbocycles. The van der Waals surface area contributed by atoms with E-state index in [1.54, 1.807) is 48.5 Å². The lowest BCUT2D eigenvalue weighted by Gasteiger charge is -2.39. The summed E-state index contributed by atoms with van der Waals surface area (Å²) in [6.45, 7) is 0. The lowest BCUT2D eigenvalue weighted by molar-refractivity contribution is -0.156. The van der Waals surface area contributed by atoms with Crippen LogP contribution in [0.25, 0.3) is 11.1 Å². The van der Waals surface area contributed by atoms with Gasteiger partial charge in [-0.25, -0.2) is 0 Å². The second kappa shape index (κ2) is 7.72. The van der Waals surface area contributed by atoms with Crippen molar-refractivity contribution in [2.24, 2.45) is 0 Å². The zero-order valence-corrected chi connectivity index (χ0v) is 17.3. The molecule has 0 radical (unpaired) electrons. The SMILES string of the molecule is O=C1C(c2ccccc2)=C(c2ccccc2)[C@](O)(c2ccccc2)[C@@]1(O)c1ccccc1. The van der Waals surface area contributed by atoms with Gasteiger partial charge in [-0.15, -0.1) is 0 Å². The Kier molecular flexibility index (Phi) is 4.86. The van der Waals surface area contributed by atoms with Crippen LogP contribution in [0.3, 0.4) is 0 Å². The van der Waals surface area contributed by atoms with Crippen LogP contribution in [-0.2, 0) is 16.0 Å². The highest BCUT2D eigenvalue weighted by atomic mass is 16.4. The van der Waals surface area contributed by atoms with Gasteiger partial charge < -0.3 is 10.2 Å². The highest BCUT2D eigenvalue weighted by Crippen LogP contribution is 2.59. The maximum absolute atomic E-state index is 14.1. The molecule has 0 heterocycles. The first-order chi connectivity index (χ1) is 15.6. The van der Waals surface area contributed by atoms with Crippen LogP contribution >= 0.6 is 0 Å². The summed E-state index contributed by atoms with van der Waals surface area (Å²) in [6.07, 6.45) is 0. The Morgan fingerprint density at radius 2 is 0.844 bits per heavy atom. The number of carbonyl (C=O) groups is 1. The van der Waals surface area contributed by atoms with Crippen molar-refractivity contribution < 1.29 is 15.0 Å². The summed E-state index contributed by atoms with van der Waals surface area (Å²) >= 11 is 0. The van der Waals surface area contributed by atoms with Gasteiger partial charge in [0.2, 0.25) is 5.78 Å². The molecule has 0 aliphatic heterocycles. The van der Waals surface area contributed by atoms with Crippen LogP contribution in [0.5, 0.6) is 0 Å². The zero-order chi connectivity index (χ0) is 22.2. The van der Waals surface area contributed by atoms with E-state index in [0.717, 1.165) is 0 Å². The van der Waals surface area contributed by atoms with Crippen LogP contribution in [0.4, 0.5) is 0 Å². The Morgan fingerprint density at radius 3 is 1.31 bits per heavy atom. The van der Waals surface area contributed by atoms with Crippen molar-refractivity contribution in [1.82, 2.24) is 0 Å². The number of benzene rings is 4. The lowest BCUT2D eigenvalue weighted by Crippen LogP contribution is -2.51. The van der Waals surface area contributed by atoms with E-state index in [1.807, 2.05) is 72.8 Å². The minimum Gasteiger partial charge on any atom is -0.376 e. The van der Waals surface area contributed by atoms with Gasteiger partial charge >= 0.3 is 0 Å². The molecule has 0 aromatic heterocycles. The molecule has 3 nitrogen and oxygen atoms in total. The van der Waals surface area contributed by atoms with Crippen molar-refractivity contribution in [3.8, 4) is 0 Å². The van der Waals surface area contributed by atoms with Gasteiger partial charge in [-0.3, -0.25) is 4.79 Å². The summed E-state index contributed by atoms with van der Waals surface area (Å²) < 4.78 is 0. The molecule has 0 saturated heterocycles. The molecular weight excluding hydrogens is 396 g/mol. The molecule has 4 aromatic rings. The number of hydrogen-bond donors (Lipinski definition) is 2. The maximum Gasteiger partial charge on any atom is 0.203 e. The van der Waals surface area contributed by atoms with Crippen LogP contribution in [0.15, 0.2) is 121 Å². The quantitative estimate of drug-likeness (QED) is 0.493. The van der Waals surface area contributed by atoms with Crippen LogP contribution in [0.1, 0.15) is 22.3 Å². The number of ketones is 1. The largest absolute Gasteiger partial charge is 0.376 e. The van der Waals surface area contributed by atoms with Crippen molar-refractivity contribution in [1.29, 1.82) is 0 Å². The molecule has 3 heteroatoms. The van der Waals surface area contributed by atoms with Gasteiger partial charge in [-0.2, -0.15) is 0 Å². The average molecular weight is 418 g/mol. The number of Topliss-reactive ketones (excluding diaryl/α,β-unsaturated/α-hetero) is 1. The molecule has 1 aliphatic carbocycles. The lowest BCUT2D eigenvalue weighted by atomic mass is 9.71. The van der Waals surface area contributed by atoms with Crippen LogP contribution in [0, 0.1) is 0 Å².